The zero-order valence-corrected chi connectivity index (χ0v) is 21.3. The van der Waals surface area contributed by atoms with Gasteiger partial charge in [-0.1, -0.05) is 76.9 Å². The molecule has 1 fully saturated rings. The molecular formula is C27H47NO5. The summed E-state index contributed by atoms with van der Waals surface area (Å²) in [7, 11) is 0. The van der Waals surface area contributed by atoms with Gasteiger partial charge in [0.1, 0.15) is 12.1 Å². The average Bonchev–Trinajstić information content (AvgIpc) is 3.19. The summed E-state index contributed by atoms with van der Waals surface area (Å²) in [6, 6.07) is -0.652. The van der Waals surface area contributed by atoms with Crippen LogP contribution in [-0.2, 0) is 23.9 Å². The van der Waals surface area contributed by atoms with Gasteiger partial charge in [0.05, 0.1) is 13.2 Å². The summed E-state index contributed by atoms with van der Waals surface area (Å²) < 4.78 is 10.6. The average molecular weight is 466 g/mol. The van der Waals surface area contributed by atoms with Crippen LogP contribution < -0.4 is 0 Å². The Morgan fingerprint density at radius 1 is 0.818 bits per heavy atom. The summed E-state index contributed by atoms with van der Waals surface area (Å²) >= 11 is 0. The van der Waals surface area contributed by atoms with Crippen molar-refractivity contribution >= 4 is 17.8 Å². The van der Waals surface area contributed by atoms with Crippen molar-refractivity contribution in [1.82, 2.24) is 4.90 Å². The molecule has 6 heteroatoms. The van der Waals surface area contributed by atoms with Gasteiger partial charge in [0.2, 0.25) is 5.91 Å². The van der Waals surface area contributed by atoms with Gasteiger partial charge in [0.25, 0.3) is 0 Å². The molecule has 0 spiro atoms. The van der Waals surface area contributed by atoms with E-state index in [0.29, 0.717) is 13.0 Å². The van der Waals surface area contributed by atoms with E-state index < -0.39 is 24.1 Å². The van der Waals surface area contributed by atoms with E-state index in [1.165, 1.54) is 89.4 Å². The van der Waals surface area contributed by atoms with Gasteiger partial charge < -0.3 is 14.4 Å². The summed E-state index contributed by atoms with van der Waals surface area (Å²) in [5.74, 6) is -1.00. The van der Waals surface area contributed by atoms with Gasteiger partial charge in [-0.15, -0.1) is 0 Å². The third-order valence-electron chi connectivity index (χ3n) is 6.17. The lowest BCUT2D eigenvalue weighted by Gasteiger charge is -2.21. The number of hydrogen-bond acceptors (Lipinski definition) is 5. The number of carbonyl (C=O) groups excluding carboxylic acids is 3. The monoisotopic (exact) mass is 465 g/mol. The van der Waals surface area contributed by atoms with Crippen LogP contribution in [0.5, 0.6) is 0 Å². The fourth-order valence-electron chi connectivity index (χ4n) is 4.31. The maximum atomic E-state index is 12.4. The molecule has 33 heavy (non-hydrogen) atoms. The Bertz CT molecular complexity index is 589. The molecule has 0 aromatic rings. The number of unbranched alkanes of at least 4 members (excludes halogenated alkanes) is 12. The largest absolute Gasteiger partial charge is 0.464 e. The lowest BCUT2D eigenvalue weighted by atomic mass is 10.1. The normalized spacial score (nSPS) is 18.1. The van der Waals surface area contributed by atoms with Gasteiger partial charge in [-0.3, -0.25) is 9.59 Å². The van der Waals surface area contributed by atoms with Crippen molar-refractivity contribution in [2.75, 3.05) is 13.2 Å². The second-order valence-electron chi connectivity index (χ2n) is 9.26. The number of rotatable bonds is 18. The van der Waals surface area contributed by atoms with Crippen molar-refractivity contribution in [3.63, 3.8) is 0 Å². The summed E-state index contributed by atoms with van der Waals surface area (Å²) in [4.78, 5) is 36.8. The summed E-state index contributed by atoms with van der Waals surface area (Å²) in [6.07, 6.45) is 21.8. The van der Waals surface area contributed by atoms with Gasteiger partial charge >= 0.3 is 11.9 Å². The van der Waals surface area contributed by atoms with E-state index >= 15 is 0 Å². The van der Waals surface area contributed by atoms with E-state index in [1.807, 2.05) is 0 Å². The molecule has 0 aliphatic carbocycles. The summed E-state index contributed by atoms with van der Waals surface area (Å²) in [5, 5.41) is 0. The van der Waals surface area contributed by atoms with E-state index in [2.05, 4.69) is 19.1 Å². The molecule has 0 aromatic carbocycles. The zero-order valence-electron chi connectivity index (χ0n) is 21.3. The number of hydrogen-bond donors (Lipinski definition) is 0. The van der Waals surface area contributed by atoms with Crippen LogP contribution in [0.2, 0.25) is 0 Å². The molecule has 190 valence electrons. The molecule has 1 rings (SSSR count). The Morgan fingerprint density at radius 3 is 1.91 bits per heavy atom. The van der Waals surface area contributed by atoms with Crippen molar-refractivity contribution in [3.05, 3.63) is 12.2 Å². The second kappa shape index (κ2) is 18.6. The highest BCUT2D eigenvalue weighted by molar-refractivity contribution is 5.84. The number of likely N-dealkylation sites (tertiary alicyclic amines) is 1. The van der Waals surface area contributed by atoms with E-state index in [-0.39, 0.29) is 12.5 Å². The molecule has 0 unspecified atom stereocenters. The Labute approximate surface area is 201 Å². The highest BCUT2D eigenvalue weighted by Crippen LogP contribution is 2.22. The molecule has 1 saturated heterocycles. The third-order valence-corrected chi connectivity index (χ3v) is 6.17. The lowest BCUT2D eigenvalue weighted by molar-refractivity contribution is -0.153. The molecular weight excluding hydrogens is 418 g/mol. The molecule has 0 N–H and O–H groups in total. The fourth-order valence-corrected chi connectivity index (χ4v) is 4.31. The quantitative estimate of drug-likeness (QED) is 0.138. The molecule has 2 atom stereocenters. The van der Waals surface area contributed by atoms with Crippen LogP contribution in [0.1, 0.15) is 117 Å². The van der Waals surface area contributed by atoms with Crippen LogP contribution in [0.15, 0.2) is 12.2 Å². The molecule has 1 heterocycles. The Balaban J connectivity index is 1.99. The molecule has 6 nitrogen and oxygen atoms in total. The maximum Gasteiger partial charge on any atom is 0.329 e. The zero-order chi connectivity index (χ0) is 24.3. The van der Waals surface area contributed by atoms with Crippen molar-refractivity contribution in [3.8, 4) is 0 Å². The van der Waals surface area contributed by atoms with Crippen LogP contribution in [0, 0.1) is 0 Å². The van der Waals surface area contributed by atoms with Crippen molar-refractivity contribution in [2.45, 2.75) is 129 Å². The first-order chi connectivity index (χ1) is 16.0. The Hall–Kier alpha value is -1.85. The number of esters is 2. The molecule has 0 aromatic heterocycles. The minimum Gasteiger partial charge on any atom is -0.464 e. The standard InChI is InChI=1S/C27H47NO5/c1-4-5-6-7-8-9-10-11-12-13-14-15-16-17-18-19-20-32-27(31)26-21-25(33-24(3)30)22-28(26)23(2)29/h11-12,25-26H,4-10,13-22H2,1-3H3/t25-,26+/m1/s1. The SMILES string of the molecule is CCCCCCCCC=CCCCCCCCCOC(=O)[C@@H]1C[C@@H](OC(C)=O)CN1C(C)=O. The van der Waals surface area contributed by atoms with E-state index in [4.69, 9.17) is 9.47 Å². The smallest absolute Gasteiger partial charge is 0.329 e. The predicted molar refractivity (Wildman–Crippen MR) is 132 cm³/mol. The first-order valence-electron chi connectivity index (χ1n) is 13.2. The second-order valence-corrected chi connectivity index (χ2v) is 9.26. The number of amides is 1. The fraction of sp³-hybridized carbons (Fsp3) is 0.815. The van der Waals surface area contributed by atoms with E-state index in [9.17, 15) is 14.4 Å². The molecule has 0 saturated carbocycles. The summed E-state index contributed by atoms with van der Waals surface area (Å²) in [5.41, 5.74) is 0. The van der Waals surface area contributed by atoms with Crippen molar-refractivity contribution in [1.29, 1.82) is 0 Å². The first kappa shape index (κ1) is 29.2. The van der Waals surface area contributed by atoms with Crippen LogP contribution in [0.4, 0.5) is 0 Å². The van der Waals surface area contributed by atoms with E-state index in [1.54, 1.807) is 0 Å². The number of carbonyl (C=O) groups is 3. The Kier molecular flexibility index (Phi) is 16.4. The maximum absolute atomic E-state index is 12.4. The predicted octanol–water partition coefficient (Wildman–Crippen LogP) is 6.12. The molecule has 0 bridgehead atoms. The number of ether oxygens (including phenoxy) is 2. The van der Waals surface area contributed by atoms with Crippen LogP contribution in [-0.4, -0.2) is 48.0 Å². The molecule has 1 aliphatic rings. The highest BCUT2D eigenvalue weighted by atomic mass is 16.5. The van der Waals surface area contributed by atoms with Crippen molar-refractivity contribution in [2.24, 2.45) is 0 Å². The molecule has 1 aliphatic heterocycles. The van der Waals surface area contributed by atoms with Gasteiger partial charge in [-0.05, 0) is 32.1 Å². The molecule has 0 radical (unpaired) electrons. The van der Waals surface area contributed by atoms with Crippen LogP contribution in [0.3, 0.4) is 0 Å². The first-order valence-corrected chi connectivity index (χ1v) is 13.2. The van der Waals surface area contributed by atoms with Gasteiger partial charge in [0, 0.05) is 20.3 Å². The molecule has 1 amide bonds. The number of allylic oxidation sites excluding steroid dienone is 2. The minimum absolute atomic E-state index is 0.205. The van der Waals surface area contributed by atoms with Crippen LogP contribution in [0.25, 0.3) is 0 Å². The highest BCUT2D eigenvalue weighted by Gasteiger charge is 2.40. The lowest BCUT2D eigenvalue weighted by Crippen LogP contribution is -2.40. The Morgan fingerprint density at radius 2 is 1.36 bits per heavy atom. The van der Waals surface area contributed by atoms with Crippen molar-refractivity contribution < 1.29 is 23.9 Å². The topological polar surface area (TPSA) is 72.9 Å². The van der Waals surface area contributed by atoms with Crippen LogP contribution >= 0.6 is 0 Å². The summed E-state index contributed by atoms with van der Waals surface area (Å²) in [6.45, 7) is 5.63. The minimum atomic E-state index is -0.652. The van der Waals surface area contributed by atoms with Gasteiger partial charge in [-0.2, -0.15) is 0 Å². The van der Waals surface area contributed by atoms with Gasteiger partial charge in [-0.25, -0.2) is 4.79 Å². The van der Waals surface area contributed by atoms with E-state index in [0.717, 1.165) is 19.3 Å². The third kappa shape index (κ3) is 14.1. The van der Waals surface area contributed by atoms with Gasteiger partial charge in [0.15, 0.2) is 0 Å². The number of nitrogens with zero attached hydrogens (tertiary/aromatic N) is 1.